The number of amides is 2. The number of hydrogen-bond acceptors (Lipinski definition) is 2. The van der Waals surface area contributed by atoms with Gasteiger partial charge in [0.05, 0.1) is 6.54 Å². The minimum atomic E-state index is -0.377. The Hall–Kier alpha value is -1.84. The predicted octanol–water partition coefficient (Wildman–Crippen LogP) is 2.16. The Bertz CT molecular complexity index is 499. The van der Waals surface area contributed by atoms with E-state index in [9.17, 15) is 9.59 Å². The number of hydrogen-bond donors (Lipinski definition) is 1. The highest BCUT2D eigenvalue weighted by Crippen LogP contribution is 2.20. The number of carbonyl (C=O) groups excluding carboxylic acids is 2. The molecule has 114 valence electrons. The molecule has 0 aromatic heterocycles. The number of carbonyl (C=O) groups is 2. The van der Waals surface area contributed by atoms with Gasteiger partial charge in [0.25, 0.3) is 0 Å². The molecule has 1 heterocycles. The van der Waals surface area contributed by atoms with E-state index in [1.165, 1.54) is 5.56 Å². The fraction of sp³-hybridized carbons (Fsp3) is 0.529. The van der Waals surface area contributed by atoms with E-state index in [0.717, 1.165) is 6.42 Å². The van der Waals surface area contributed by atoms with Crippen molar-refractivity contribution < 1.29 is 9.59 Å². The maximum atomic E-state index is 12.4. The summed E-state index contributed by atoms with van der Waals surface area (Å²) in [6.07, 6.45) is 0.869. The van der Waals surface area contributed by atoms with Crippen molar-refractivity contribution in [3.8, 4) is 0 Å². The van der Waals surface area contributed by atoms with Crippen LogP contribution in [0.4, 0.5) is 0 Å². The summed E-state index contributed by atoms with van der Waals surface area (Å²) in [7, 11) is 0. The lowest BCUT2D eigenvalue weighted by Gasteiger charge is -2.34. The van der Waals surface area contributed by atoms with Gasteiger partial charge in [0.2, 0.25) is 11.8 Å². The summed E-state index contributed by atoms with van der Waals surface area (Å²) in [6.45, 7) is 6.89. The summed E-state index contributed by atoms with van der Waals surface area (Å²) >= 11 is 0. The van der Waals surface area contributed by atoms with E-state index >= 15 is 0 Å². The van der Waals surface area contributed by atoms with Crippen LogP contribution in [-0.4, -0.2) is 35.8 Å². The van der Waals surface area contributed by atoms with E-state index in [1.54, 1.807) is 4.90 Å². The standard InChI is InChI=1S/C17H24N2O2/c1-12(2)16-17(21)19(11-15(20)18-16)10-9-13(3)14-7-5-4-6-8-14/h4-8,12-13,16H,9-11H2,1-3H3,(H,18,20). The predicted molar refractivity (Wildman–Crippen MR) is 82.8 cm³/mol. The van der Waals surface area contributed by atoms with E-state index in [-0.39, 0.29) is 30.3 Å². The summed E-state index contributed by atoms with van der Waals surface area (Å²) < 4.78 is 0. The van der Waals surface area contributed by atoms with Crippen LogP contribution in [0.15, 0.2) is 30.3 Å². The molecule has 2 atom stereocenters. The van der Waals surface area contributed by atoms with Crippen LogP contribution in [0.25, 0.3) is 0 Å². The van der Waals surface area contributed by atoms with Crippen LogP contribution in [0.5, 0.6) is 0 Å². The van der Waals surface area contributed by atoms with Crippen LogP contribution in [0.3, 0.4) is 0 Å². The number of rotatable bonds is 5. The first-order valence-corrected chi connectivity index (χ1v) is 7.62. The van der Waals surface area contributed by atoms with Gasteiger partial charge in [-0.05, 0) is 23.8 Å². The lowest BCUT2D eigenvalue weighted by molar-refractivity contribution is -0.145. The molecule has 4 nitrogen and oxygen atoms in total. The topological polar surface area (TPSA) is 49.4 Å². The third kappa shape index (κ3) is 3.84. The molecule has 1 fully saturated rings. The van der Waals surface area contributed by atoms with Gasteiger partial charge >= 0.3 is 0 Å². The number of benzene rings is 1. The van der Waals surface area contributed by atoms with Gasteiger partial charge in [0, 0.05) is 6.54 Å². The molecule has 1 aromatic carbocycles. The second-order valence-corrected chi connectivity index (χ2v) is 6.15. The fourth-order valence-corrected chi connectivity index (χ4v) is 2.67. The van der Waals surface area contributed by atoms with Crippen LogP contribution in [-0.2, 0) is 9.59 Å². The van der Waals surface area contributed by atoms with Crippen molar-refractivity contribution in [2.75, 3.05) is 13.1 Å². The van der Waals surface area contributed by atoms with Crippen LogP contribution < -0.4 is 5.32 Å². The third-order valence-electron chi connectivity index (χ3n) is 4.10. The Morgan fingerprint density at radius 1 is 1.19 bits per heavy atom. The van der Waals surface area contributed by atoms with Crippen molar-refractivity contribution in [3.63, 3.8) is 0 Å². The monoisotopic (exact) mass is 288 g/mol. The molecule has 1 aliphatic rings. The molecule has 2 unspecified atom stereocenters. The number of nitrogens with zero attached hydrogens (tertiary/aromatic N) is 1. The van der Waals surface area contributed by atoms with Gasteiger partial charge in [-0.2, -0.15) is 0 Å². The quantitative estimate of drug-likeness (QED) is 0.902. The van der Waals surface area contributed by atoms with Crippen molar-refractivity contribution in [1.82, 2.24) is 10.2 Å². The molecule has 1 aromatic rings. The van der Waals surface area contributed by atoms with Crippen molar-refractivity contribution in [1.29, 1.82) is 0 Å². The van der Waals surface area contributed by atoms with Crippen molar-refractivity contribution in [2.24, 2.45) is 5.92 Å². The molecule has 1 aliphatic heterocycles. The molecule has 1 N–H and O–H groups in total. The molecule has 0 spiro atoms. The molecular formula is C17H24N2O2. The zero-order valence-electron chi connectivity index (χ0n) is 13.0. The SMILES string of the molecule is CC(CCN1CC(=O)NC(C(C)C)C1=O)c1ccccc1. The Morgan fingerprint density at radius 2 is 1.86 bits per heavy atom. The van der Waals surface area contributed by atoms with Crippen LogP contribution in [0, 0.1) is 5.92 Å². The molecule has 0 aliphatic carbocycles. The highest BCUT2D eigenvalue weighted by Gasteiger charge is 2.34. The minimum absolute atomic E-state index is 0.0462. The summed E-state index contributed by atoms with van der Waals surface area (Å²) in [6, 6.07) is 9.89. The van der Waals surface area contributed by atoms with Gasteiger partial charge < -0.3 is 10.2 Å². The van der Waals surface area contributed by atoms with Crippen LogP contribution in [0.2, 0.25) is 0 Å². The van der Waals surface area contributed by atoms with E-state index in [1.807, 2.05) is 32.0 Å². The van der Waals surface area contributed by atoms with Gasteiger partial charge in [0.15, 0.2) is 0 Å². The minimum Gasteiger partial charge on any atom is -0.343 e. The first kappa shape index (κ1) is 15.5. The average molecular weight is 288 g/mol. The maximum Gasteiger partial charge on any atom is 0.245 e. The van der Waals surface area contributed by atoms with E-state index in [4.69, 9.17) is 0 Å². The summed E-state index contributed by atoms with van der Waals surface area (Å²) in [4.78, 5) is 25.8. The molecule has 2 rings (SSSR count). The molecular weight excluding hydrogens is 264 g/mol. The molecule has 0 radical (unpaired) electrons. The molecule has 1 saturated heterocycles. The number of nitrogens with one attached hydrogen (secondary N) is 1. The summed E-state index contributed by atoms with van der Waals surface area (Å²) in [5.41, 5.74) is 1.27. The molecule has 2 amide bonds. The zero-order chi connectivity index (χ0) is 15.4. The molecule has 21 heavy (non-hydrogen) atoms. The first-order valence-electron chi connectivity index (χ1n) is 7.62. The first-order chi connectivity index (χ1) is 9.99. The normalized spacial score (nSPS) is 20.6. The van der Waals surface area contributed by atoms with Crippen LogP contribution >= 0.6 is 0 Å². The van der Waals surface area contributed by atoms with Gasteiger partial charge in [-0.1, -0.05) is 51.1 Å². The Balaban J connectivity index is 1.95. The maximum absolute atomic E-state index is 12.4. The van der Waals surface area contributed by atoms with Gasteiger partial charge in [-0.15, -0.1) is 0 Å². The lowest BCUT2D eigenvalue weighted by atomic mass is 9.96. The highest BCUT2D eigenvalue weighted by atomic mass is 16.2. The van der Waals surface area contributed by atoms with E-state index in [2.05, 4.69) is 24.4 Å². The Morgan fingerprint density at radius 3 is 2.48 bits per heavy atom. The smallest absolute Gasteiger partial charge is 0.245 e. The second kappa shape index (κ2) is 6.74. The van der Waals surface area contributed by atoms with Crippen molar-refractivity contribution in [2.45, 2.75) is 39.2 Å². The van der Waals surface area contributed by atoms with E-state index < -0.39 is 0 Å². The molecule has 0 saturated carbocycles. The van der Waals surface area contributed by atoms with Gasteiger partial charge in [0.1, 0.15) is 6.04 Å². The average Bonchev–Trinajstić information content (AvgIpc) is 2.48. The second-order valence-electron chi connectivity index (χ2n) is 6.15. The molecule has 4 heteroatoms. The van der Waals surface area contributed by atoms with Crippen LogP contribution in [0.1, 0.15) is 38.7 Å². The Labute approximate surface area is 126 Å². The van der Waals surface area contributed by atoms with Gasteiger partial charge in [-0.3, -0.25) is 9.59 Å². The summed E-state index contributed by atoms with van der Waals surface area (Å²) in [5, 5.41) is 2.78. The lowest BCUT2D eigenvalue weighted by Crippen LogP contribution is -2.59. The molecule has 0 bridgehead atoms. The largest absolute Gasteiger partial charge is 0.343 e. The van der Waals surface area contributed by atoms with Gasteiger partial charge in [-0.25, -0.2) is 0 Å². The highest BCUT2D eigenvalue weighted by molar-refractivity contribution is 5.94. The fourth-order valence-electron chi connectivity index (χ4n) is 2.67. The summed E-state index contributed by atoms with van der Waals surface area (Å²) in [5.74, 6) is 0.489. The number of piperazine rings is 1. The zero-order valence-corrected chi connectivity index (χ0v) is 13.0. The van der Waals surface area contributed by atoms with Crippen molar-refractivity contribution >= 4 is 11.8 Å². The van der Waals surface area contributed by atoms with E-state index in [0.29, 0.717) is 12.5 Å². The van der Waals surface area contributed by atoms with Crippen molar-refractivity contribution in [3.05, 3.63) is 35.9 Å². The third-order valence-corrected chi connectivity index (χ3v) is 4.10. The Kier molecular flexibility index (Phi) is 4.99.